The Balaban J connectivity index is 2.20. The largest absolute Gasteiger partial charge is 0.486 e. The number of carboxylic acid groups (broad SMARTS) is 1. The van der Waals surface area contributed by atoms with Gasteiger partial charge in [-0.3, -0.25) is 5.10 Å². The van der Waals surface area contributed by atoms with Gasteiger partial charge in [-0.25, -0.2) is 4.79 Å². The number of aromatic amines is 1. The van der Waals surface area contributed by atoms with Crippen molar-refractivity contribution in [3.63, 3.8) is 0 Å². The zero-order valence-electron chi connectivity index (χ0n) is 11.2. The molecule has 20 heavy (non-hydrogen) atoms. The van der Waals surface area contributed by atoms with Gasteiger partial charge in [0.1, 0.15) is 13.2 Å². The number of carboxylic acids is 1. The summed E-state index contributed by atoms with van der Waals surface area (Å²) in [7, 11) is 0. The highest BCUT2D eigenvalue weighted by Crippen LogP contribution is 2.38. The topological polar surface area (TPSA) is 84.4 Å². The van der Waals surface area contributed by atoms with Gasteiger partial charge < -0.3 is 14.6 Å². The average molecular weight is 274 g/mol. The molecule has 1 aromatic carbocycles. The molecule has 1 aliphatic rings. The van der Waals surface area contributed by atoms with E-state index in [-0.39, 0.29) is 5.69 Å². The fourth-order valence-electron chi connectivity index (χ4n) is 2.37. The van der Waals surface area contributed by atoms with Crippen LogP contribution < -0.4 is 9.47 Å². The van der Waals surface area contributed by atoms with Crippen molar-refractivity contribution in [3.05, 3.63) is 29.1 Å². The van der Waals surface area contributed by atoms with Crippen LogP contribution in [0.5, 0.6) is 11.5 Å². The smallest absolute Gasteiger partial charge is 0.357 e. The van der Waals surface area contributed by atoms with Crippen LogP contribution in [0.2, 0.25) is 0 Å². The van der Waals surface area contributed by atoms with Crippen molar-refractivity contribution in [2.75, 3.05) is 13.2 Å². The molecule has 2 aromatic rings. The van der Waals surface area contributed by atoms with Gasteiger partial charge in [-0.1, -0.05) is 0 Å². The second kappa shape index (κ2) is 4.56. The van der Waals surface area contributed by atoms with E-state index in [9.17, 15) is 9.90 Å². The second-order valence-electron chi connectivity index (χ2n) is 4.69. The molecule has 104 valence electrons. The number of nitrogens with one attached hydrogen (secondary N) is 1. The van der Waals surface area contributed by atoms with Gasteiger partial charge in [-0.05, 0) is 37.1 Å². The molecule has 6 heteroatoms. The third-order valence-corrected chi connectivity index (χ3v) is 3.31. The fourth-order valence-corrected chi connectivity index (χ4v) is 2.37. The number of hydrogen-bond donors (Lipinski definition) is 2. The standard InChI is InChI=1S/C14H14N2O4/c1-7-5-10-11(20-4-3-19-10)6-9(7)12-8(2)15-16-13(12)14(17)18/h5-6H,3-4H2,1-2H3,(H,15,16)(H,17,18). The van der Waals surface area contributed by atoms with Crippen LogP contribution >= 0.6 is 0 Å². The van der Waals surface area contributed by atoms with Crippen LogP contribution in [0.15, 0.2) is 12.1 Å². The summed E-state index contributed by atoms with van der Waals surface area (Å²) in [6, 6.07) is 3.68. The van der Waals surface area contributed by atoms with Crippen LogP contribution in [0.1, 0.15) is 21.7 Å². The van der Waals surface area contributed by atoms with Crippen LogP contribution in [-0.2, 0) is 0 Å². The second-order valence-corrected chi connectivity index (χ2v) is 4.69. The zero-order chi connectivity index (χ0) is 14.3. The molecule has 0 unspecified atom stereocenters. The van der Waals surface area contributed by atoms with Gasteiger partial charge in [0.25, 0.3) is 0 Å². The molecule has 2 N–H and O–H groups in total. The van der Waals surface area contributed by atoms with Crippen LogP contribution in [-0.4, -0.2) is 34.5 Å². The van der Waals surface area contributed by atoms with Crippen molar-refractivity contribution in [2.45, 2.75) is 13.8 Å². The maximum atomic E-state index is 11.3. The van der Waals surface area contributed by atoms with Gasteiger partial charge in [0, 0.05) is 11.3 Å². The molecule has 2 heterocycles. The summed E-state index contributed by atoms with van der Waals surface area (Å²) >= 11 is 0. The first-order valence-electron chi connectivity index (χ1n) is 6.27. The first kappa shape index (κ1) is 12.5. The number of nitrogens with zero attached hydrogens (tertiary/aromatic N) is 1. The molecule has 0 saturated heterocycles. The van der Waals surface area contributed by atoms with E-state index in [0.717, 1.165) is 11.1 Å². The number of aryl methyl sites for hydroxylation is 2. The number of H-pyrrole nitrogens is 1. The van der Waals surface area contributed by atoms with Crippen LogP contribution in [0.3, 0.4) is 0 Å². The molecule has 0 atom stereocenters. The quantitative estimate of drug-likeness (QED) is 0.876. The third-order valence-electron chi connectivity index (χ3n) is 3.31. The van der Waals surface area contributed by atoms with Gasteiger partial charge in [-0.15, -0.1) is 0 Å². The van der Waals surface area contributed by atoms with Crippen molar-refractivity contribution in [1.82, 2.24) is 10.2 Å². The molecule has 1 aliphatic heterocycles. The van der Waals surface area contributed by atoms with Gasteiger partial charge in [-0.2, -0.15) is 5.10 Å². The van der Waals surface area contributed by atoms with Gasteiger partial charge in [0.15, 0.2) is 17.2 Å². The van der Waals surface area contributed by atoms with Crippen molar-refractivity contribution < 1.29 is 19.4 Å². The minimum atomic E-state index is -1.06. The number of aromatic carboxylic acids is 1. The molecular formula is C14H14N2O4. The van der Waals surface area contributed by atoms with Crippen LogP contribution in [0, 0.1) is 13.8 Å². The number of hydrogen-bond acceptors (Lipinski definition) is 4. The first-order chi connectivity index (χ1) is 9.58. The average Bonchev–Trinajstić information content (AvgIpc) is 2.80. The molecule has 0 bridgehead atoms. The Kier molecular flexibility index (Phi) is 2.85. The lowest BCUT2D eigenvalue weighted by Gasteiger charge is -2.20. The van der Waals surface area contributed by atoms with Crippen molar-refractivity contribution in [2.24, 2.45) is 0 Å². The summed E-state index contributed by atoms with van der Waals surface area (Å²) in [6.45, 7) is 4.72. The molecular weight excluding hydrogens is 260 g/mol. The molecule has 6 nitrogen and oxygen atoms in total. The number of aromatic nitrogens is 2. The molecule has 0 fully saturated rings. The predicted molar refractivity (Wildman–Crippen MR) is 71.4 cm³/mol. The Morgan fingerprint density at radius 2 is 1.90 bits per heavy atom. The maximum Gasteiger partial charge on any atom is 0.357 e. The summed E-state index contributed by atoms with van der Waals surface area (Å²) < 4.78 is 11.1. The predicted octanol–water partition coefficient (Wildman–Crippen LogP) is 2.16. The molecule has 0 saturated carbocycles. The Labute approximate surface area is 115 Å². The molecule has 0 amide bonds. The lowest BCUT2D eigenvalue weighted by molar-refractivity contribution is 0.0691. The van der Waals surface area contributed by atoms with E-state index < -0.39 is 5.97 Å². The van der Waals surface area contributed by atoms with Gasteiger partial charge in [0.2, 0.25) is 0 Å². The highest BCUT2D eigenvalue weighted by Gasteiger charge is 2.22. The summed E-state index contributed by atoms with van der Waals surface area (Å²) in [4.78, 5) is 11.3. The number of carbonyl (C=O) groups is 1. The van der Waals surface area contributed by atoms with Crippen LogP contribution in [0.4, 0.5) is 0 Å². The number of rotatable bonds is 2. The lowest BCUT2D eigenvalue weighted by atomic mass is 9.97. The normalized spacial score (nSPS) is 13.3. The molecule has 1 aromatic heterocycles. The summed E-state index contributed by atoms with van der Waals surface area (Å²) in [5.74, 6) is 0.267. The Bertz CT molecular complexity index is 691. The minimum Gasteiger partial charge on any atom is -0.486 e. The lowest BCUT2D eigenvalue weighted by Crippen LogP contribution is -2.15. The molecule has 0 radical (unpaired) electrons. The number of fused-ring (bicyclic) bond motifs is 1. The zero-order valence-corrected chi connectivity index (χ0v) is 11.2. The van der Waals surface area contributed by atoms with E-state index in [0.29, 0.717) is 36.0 Å². The number of ether oxygens (including phenoxy) is 2. The van der Waals surface area contributed by atoms with E-state index >= 15 is 0 Å². The Morgan fingerprint density at radius 1 is 1.25 bits per heavy atom. The van der Waals surface area contributed by atoms with Crippen molar-refractivity contribution in [1.29, 1.82) is 0 Å². The van der Waals surface area contributed by atoms with Gasteiger partial charge >= 0.3 is 5.97 Å². The van der Waals surface area contributed by atoms with Crippen molar-refractivity contribution >= 4 is 5.97 Å². The summed E-state index contributed by atoms with van der Waals surface area (Å²) in [5.41, 5.74) is 3.02. The molecule has 3 rings (SSSR count). The summed E-state index contributed by atoms with van der Waals surface area (Å²) in [5, 5.41) is 15.8. The van der Waals surface area contributed by atoms with Crippen LogP contribution in [0.25, 0.3) is 11.1 Å². The minimum absolute atomic E-state index is 0.0160. The Hall–Kier alpha value is -2.50. The maximum absolute atomic E-state index is 11.3. The summed E-state index contributed by atoms with van der Waals surface area (Å²) in [6.07, 6.45) is 0. The highest BCUT2D eigenvalue weighted by atomic mass is 16.6. The van der Waals surface area contributed by atoms with E-state index in [1.54, 1.807) is 6.92 Å². The first-order valence-corrected chi connectivity index (χ1v) is 6.27. The van der Waals surface area contributed by atoms with E-state index in [1.807, 2.05) is 19.1 Å². The fraction of sp³-hybridized carbons (Fsp3) is 0.286. The molecule has 0 spiro atoms. The van der Waals surface area contributed by atoms with E-state index in [2.05, 4.69) is 10.2 Å². The highest BCUT2D eigenvalue weighted by molar-refractivity contribution is 5.95. The van der Waals surface area contributed by atoms with Crippen molar-refractivity contribution in [3.8, 4) is 22.6 Å². The van der Waals surface area contributed by atoms with E-state index in [1.165, 1.54) is 0 Å². The SMILES string of the molecule is Cc1cc2c(cc1-c1c(C(=O)O)n[nH]c1C)OCCO2. The third kappa shape index (κ3) is 1.89. The molecule has 0 aliphatic carbocycles. The van der Waals surface area contributed by atoms with Gasteiger partial charge in [0.05, 0.1) is 0 Å². The van der Waals surface area contributed by atoms with E-state index in [4.69, 9.17) is 9.47 Å². The Morgan fingerprint density at radius 3 is 2.55 bits per heavy atom. The number of benzene rings is 1. The monoisotopic (exact) mass is 274 g/mol.